The summed E-state index contributed by atoms with van der Waals surface area (Å²) in [7, 11) is 0. The highest BCUT2D eigenvalue weighted by atomic mass is 16.6. The van der Waals surface area contributed by atoms with Crippen LogP contribution in [-0.2, 0) is 20.9 Å². The summed E-state index contributed by atoms with van der Waals surface area (Å²) in [5, 5.41) is 0. The van der Waals surface area contributed by atoms with E-state index in [0.29, 0.717) is 19.6 Å². The lowest BCUT2D eigenvalue weighted by molar-refractivity contribution is -0.155. The van der Waals surface area contributed by atoms with Gasteiger partial charge < -0.3 is 9.47 Å². The van der Waals surface area contributed by atoms with Crippen molar-refractivity contribution in [1.82, 2.24) is 0 Å². The molecule has 1 aromatic rings. The SMILES string of the molecule is CCC(=O)OC(COCc1c(C)cc(C)cc1C)C(C)C. The lowest BCUT2D eigenvalue weighted by Gasteiger charge is -2.21. The Balaban J connectivity index is 2.60. The van der Waals surface area contributed by atoms with E-state index in [1.54, 1.807) is 6.92 Å². The van der Waals surface area contributed by atoms with Gasteiger partial charge in [0.1, 0.15) is 6.10 Å². The molecule has 0 bridgehead atoms. The molecule has 0 amide bonds. The maximum atomic E-state index is 11.4. The molecule has 1 unspecified atom stereocenters. The highest BCUT2D eigenvalue weighted by Gasteiger charge is 2.18. The third kappa shape index (κ3) is 5.50. The molecule has 0 radical (unpaired) electrons. The third-order valence-electron chi connectivity index (χ3n) is 3.68. The molecule has 0 N–H and O–H groups in total. The van der Waals surface area contributed by atoms with Crippen LogP contribution in [0, 0.1) is 26.7 Å². The van der Waals surface area contributed by atoms with E-state index in [1.165, 1.54) is 22.3 Å². The quantitative estimate of drug-likeness (QED) is 0.710. The van der Waals surface area contributed by atoms with Gasteiger partial charge in [0.15, 0.2) is 0 Å². The lowest BCUT2D eigenvalue weighted by atomic mass is 10.0. The van der Waals surface area contributed by atoms with E-state index in [9.17, 15) is 4.79 Å². The third-order valence-corrected chi connectivity index (χ3v) is 3.68. The molecule has 0 spiro atoms. The number of carbonyl (C=O) groups excluding carboxylic acids is 1. The van der Waals surface area contributed by atoms with Crippen molar-refractivity contribution < 1.29 is 14.3 Å². The molecule has 0 heterocycles. The smallest absolute Gasteiger partial charge is 0.305 e. The molecule has 1 aromatic carbocycles. The van der Waals surface area contributed by atoms with Crippen LogP contribution in [0.15, 0.2) is 12.1 Å². The monoisotopic (exact) mass is 292 g/mol. The van der Waals surface area contributed by atoms with E-state index in [2.05, 4.69) is 32.9 Å². The molecule has 118 valence electrons. The number of hydrogen-bond donors (Lipinski definition) is 0. The van der Waals surface area contributed by atoms with Crippen molar-refractivity contribution in [3.8, 4) is 0 Å². The van der Waals surface area contributed by atoms with E-state index in [1.807, 2.05) is 13.8 Å². The Hall–Kier alpha value is -1.35. The summed E-state index contributed by atoms with van der Waals surface area (Å²) in [6.07, 6.45) is 0.225. The summed E-state index contributed by atoms with van der Waals surface area (Å²) >= 11 is 0. The number of carbonyl (C=O) groups is 1. The summed E-state index contributed by atoms with van der Waals surface area (Å²) in [5.41, 5.74) is 4.99. The van der Waals surface area contributed by atoms with Crippen LogP contribution in [0.25, 0.3) is 0 Å². The fourth-order valence-electron chi connectivity index (χ4n) is 2.33. The summed E-state index contributed by atoms with van der Waals surface area (Å²) in [6.45, 7) is 13.2. The van der Waals surface area contributed by atoms with Gasteiger partial charge in [0.25, 0.3) is 0 Å². The molecule has 0 aromatic heterocycles. The molecular formula is C18H28O3. The second-order valence-electron chi connectivity index (χ2n) is 6.02. The predicted molar refractivity (Wildman–Crippen MR) is 85.3 cm³/mol. The highest BCUT2D eigenvalue weighted by molar-refractivity contribution is 5.69. The number of ether oxygens (including phenoxy) is 2. The Morgan fingerprint density at radius 2 is 1.71 bits per heavy atom. The molecule has 0 aliphatic carbocycles. The highest BCUT2D eigenvalue weighted by Crippen LogP contribution is 2.18. The zero-order chi connectivity index (χ0) is 16.0. The summed E-state index contributed by atoms with van der Waals surface area (Å²) in [4.78, 5) is 11.4. The Labute approximate surface area is 128 Å². The normalized spacial score (nSPS) is 12.5. The molecule has 1 rings (SSSR count). The summed E-state index contributed by atoms with van der Waals surface area (Å²) in [5.74, 6) is 0.0840. The van der Waals surface area contributed by atoms with Gasteiger partial charge in [-0.05, 0) is 43.4 Å². The van der Waals surface area contributed by atoms with Crippen LogP contribution in [0.4, 0.5) is 0 Å². The molecule has 3 heteroatoms. The van der Waals surface area contributed by atoms with Crippen molar-refractivity contribution in [3.63, 3.8) is 0 Å². The van der Waals surface area contributed by atoms with Gasteiger partial charge >= 0.3 is 5.97 Å². The molecule has 0 fully saturated rings. The zero-order valence-electron chi connectivity index (χ0n) is 14.2. The molecule has 0 saturated carbocycles. The number of esters is 1. The maximum absolute atomic E-state index is 11.4. The number of hydrogen-bond acceptors (Lipinski definition) is 3. The first kappa shape index (κ1) is 17.7. The molecular weight excluding hydrogens is 264 g/mol. The minimum atomic E-state index is -0.177. The van der Waals surface area contributed by atoms with Crippen LogP contribution in [0.3, 0.4) is 0 Å². The Morgan fingerprint density at radius 1 is 1.14 bits per heavy atom. The average molecular weight is 292 g/mol. The first-order valence-corrected chi connectivity index (χ1v) is 7.69. The van der Waals surface area contributed by atoms with Crippen LogP contribution in [0.5, 0.6) is 0 Å². The van der Waals surface area contributed by atoms with Crippen molar-refractivity contribution in [2.75, 3.05) is 6.61 Å². The van der Waals surface area contributed by atoms with Gasteiger partial charge in [-0.15, -0.1) is 0 Å². The first-order valence-electron chi connectivity index (χ1n) is 7.69. The Morgan fingerprint density at radius 3 is 2.19 bits per heavy atom. The fourth-order valence-corrected chi connectivity index (χ4v) is 2.33. The molecule has 0 aliphatic rings. The van der Waals surface area contributed by atoms with E-state index in [-0.39, 0.29) is 18.0 Å². The van der Waals surface area contributed by atoms with Crippen molar-refractivity contribution in [2.24, 2.45) is 5.92 Å². The van der Waals surface area contributed by atoms with E-state index in [4.69, 9.17) is 9.47 Å². The largest absolute Gasteiger partial charge is 0.460 e. The van der Waals surface area contributed by atoms with E-state index < -0.39 is 0 Å². The van der Waals surface area contributed by atoms with Crippen molar-refractivity contribution >= 4 is 5.97 Å². The Bertz CT molecular complexity index is 454. The van der Waals surface area contributed by atoms with Crippen molar-refractivity contribution in [1.29, 1.82) is 0 Å². The minimum Gasteiger partial charge on any atom is -0.460 e. The topological polar surface area (TPSA) is 35.5 Å². The van der Waals surface area contributed by atoms with E-state index >= 15 is 0 Å². The van der Waals surface area contributed by atoms with Gasteiger partial charge in [-0.25, -0.2) is 0 Å². The fraction of sp³-hybridized carbons (Fsp3) is 0.611. The second-order valence-corrected chi connectivity index (χ2v) is 6.02. The van der Waals surface area contributed by atoms with Crippen LogP contribution in [0.2, 0.25) is 0 Å². The van der Waals surface area contributed by atoms with E-state index in [0.717, 1.165) is 0 Å². The van der Waals surface area contributed by atoms with Crippen molar-refractivity contribution in [2.45, 2.75) is 60.7 Å². The molecule has 3 nitrogen and oxygen atoms in total. The number of aryl methyl sites for hydroxylation is 3. The summed E-state index contributed by atoms with van der Waals surface area (Å²) in [6, 6.07) is 4.34. The number of benzene rings is 1. The van der Waals surface area contributed by atoms with Crippen LogP contribution in [0.1, 0.15) is 49.4 Å². The predicted octanol–water partition coefficient (Wildman–Crippen LogP) is 4.11. The van der Waals surface area contributed by atoms with Gasteiger partial charge in [0.2, 0.25) is 0 Å². The van der Waals surface area contributed by atoms with Gasteiger partial charge in [0.05, 0.1) is 13.2 Å². The van der Waals surface area contributed by atoms with Gasteiger partial charge in [-0.3, -0.25) is 4.79 Å². The Kier molecular flexibility index (Phi) is 6.90. The van der Waals surface area contributed by atoms with Crippen LogP contribution >= 0.6 is 0 Å². The molecule has 0 saturated heterocycles. The van der Waals surface area contributed by atoms with Gasteiger partial charge in [-0.2, -0.15) is 0 Å². The molecule has 0 aliphatic heterocycles. The summed E-state index contributed by atoms with van der Waals surface area (Å²) < 4.78 is 11.2. The minimum absolute atomic E-state index is 0.167. The molecule has 1 atom stereocenters. The first-order chi connectivity index (χ1) is 9.85. The second kappa shape index (κ2) is 8.18. The van der Waals surface area contributed by atoms with Gasteiger partial charge in [-0.1, -0.05) is 38.5 Å². The average Bonchev–Trinajstić information content (AvgIpc) is 2.39. The standard InChI is InChI=1S/C18H28O3/c1-7-18(19)21-17(12(2)3)11-20-10-16-14(5)8-13(4)9-15(16)6/h8-9,12,17H,7,10-11H2,1-6H3. The maximum Gasteiger partial charge on any atom is 0.305 e. The van der Waals surface area contributed by atoms with Crippen LogP contribution in [-0.4, -0.2) is 18.7 Å². The van der Waals surface area contributed by atoms with Crippen molar-refractivity contribution in [3.05, 3.63) is 34.4 Å². The molecule has 21 heavy (non-hydrogen) atoms. The number of rotatable bonds is 7. The van der Waals surface area contributed by atoms with Crippen LogP contribution < -0.4 is 0 Å². The zero-order valence-corrected chi connectivity index (χ0v) is 14.2. The van der Waals surface area contributed by atoms with Gasteiger partial charge in [0, 0.05) is 6.42 Å². The lowest BCUT2D eigenvalue weighted by Crippen LogP contribution is -2.28.